The van der Waals surface area contributed by atoms with E-state index in [9.17, 15) is 0 Å². The molecule has 0 spiro atoms. The van der Waals surface area contributed by atoms with Gasteiger partial charge in [0.05, 0.1) is 12.8 Å². The predicted molar refractivity (Wildman–Crippen MR) is 90.0 cm³/mol. The monoisotopic (exact) mass is 308 g/mol. The average molecular weight is 308 g/mol. The molecule has 0 saturated carbocycles. The van der Waals surface area contributed by atoms with E-state index in [0.29, 0.717) is 0 Å². The fourth-order valence-electron chi connectivity index (χ4n) is 2.06. The molecule has 110 valence electrons. The number of benzene rings is 2. The lowest BCUT2D eigenvalue weighted by atomic mass is 10.1. The van der Waals surface area contributed by atoms with Crippen molar-refractivity contribution in [2.24, 2.45) is 0 Å². The van der Waals surface area contributed by atoms with Crippen molar-refractivity contribution < 1.29 is 4.74 Å². The molecular weight excluding hydrogens is 292 g/mol. The molecule has 0 N–H and O–H groups in total. The molecule has 22 heavy (non-hydrogen) atoms. The summed E-state index contributed by atoms with van der Waals surface area (Å²) in [4.78, 5) is 8.97. The van der Waals surface area contributed by atoms with Crippen molar-refractivity contribution in [3.8, 4) is 17.0 Å². The minimum Gasteiger partial charge on any atom is -0.497 e. The number of rotatable bonds is 5. The summed E-state index contributed by atoms with van der Waals surface area (Å²) < 4.78 is 5.18. The highest BCUT2D eigenvalue weighted by Crippen LogP contribution is 2.24. The van der Waals surface area contributed by atoms with Gasteiger partial charge in [0.15, 0.2) is 5.16 Å². The second-order valence-corrected chi connectivity index (χ2v) is 5.67. The van der Waals surface area contributed by atoms with Gasteiger partial charge in [-0.2, -0.15) is 0 Å². The normalized spacial score (nSPS) is 10.4. The molecule has 0 aliphatic heterocycles. The number of methoxy groups -OCH3 is 1. The molecule has 4 heteroatoms. The Morgan fingerprint density at radius 1 is 0.955 bits per heavy atom. The fourth-order valence-corrected chi connectivity index (χ4v) is 2.84. The molecule has 0 amide bonds. The molecule has 0 fully saturated rings. The van der Waals surface area contributed by atoms with Crippen LogP contribution in [0.1, 0.15) is 5.56 Å². The van der Waals surface area contributed by atoms with E-state index < -0.39 is 0 Å². The Bertz CT molecular complexity index is 730. The molecule has 1 aromatic heterocycles. The van der Waals surface area contributed by atoms with Gasteiger partial charge < -0.3 is 4.74 Å². The maximum absolute atomic E-state index is 5.18. The van der Waals surface area contributed by atoms with Crippen molar-refractivity contribution in [2.75, 3.05) is 7.11 Å². The summed E-state index contributed by atoms with van der Waals surface area (Å²) in [6, 6.07) is 20.2. The van der Waals surface area contributed by atoms with Gasteiger partial charge in [-0.05, 0) is 35.9 Å². The van der Waals surface area contributed by atoms with Crippen LogP contribution in [-0.4, -0.2) is 17.1 Å². The van der Waals surface area contributed by atoms with Crippen LogP contribution in [0.5, 0.6) is 5.75 Å². The van der Waals surface area contributed by atoms with Gasteiger partial charge in [0.25, 0.3) is 0 Å². The molecule has 1 heterocycles. The third-order valence-electron chi connectivity index (χ3n) is 3.23. The molecule has 3 rings (SSSR count). The van der Waals surface area contributed by atoms with Crippen molar-refractivity contribution in [1.82, 2.24) is 9.97 Å². The first-order chi connectivity index (χ1) is 10.8. The molecule has 0 unspecified atom stereocenters. The lowest BCUT2D eigenvalue weighted by molar-refractivity contribution is 0.415. The Balaban J connectivity index is 1.74. The molecule has 0 atom stereocenters. The van der Waals surface area contributed by atoms with Gasteiger partial charge in [-0.3, -0.25) is 0 Å². The standard InChI is InChI=1S/C18H16N2OS/c1-21-16-9-7-15(8-10-16)17-11-12-19-18(20-17)22-13-14-5-3-2-4-6-14/h2-12H,13H2,1H3. The fraction of sp³-hybridized carbons (Fsp3) is 0.111. The summed E-state index contributed by atoms with van der Waals surface area (Å²) in [5.74, 6) is 1.71. The van der Waals surface area contributed by atoms with Gasteiger partial charge >= 0.3 is 0 Å². The first-order valence-corrected chi connectivity index (χ1v) is 7.98. The van der Waals surface area contributed by atoms with E-state index in [1.165, 1.54) is 5.56 Å². The second-order valence-electron chi connectivity index (χ2n) is 4.73. The predicted octanol–water partition coefficient (Wildman–Crippen LogP) is 4.44. The second kappa shape index (κ2) is 7.09. The van der Waals surface area contributed by atoms with E-state index in [1.54, 1.807) is 25.1 Å². The number of nitrogens with zero attached hydrogens (tertiary/aromatic N) is 2. The highest BCUT2D eigenvalue weighted by atomic mass is 32.2. The summed E-state index contributed by atoms with van der Waals surface area (Å²) >= 11 is 1.64. The van der Waals surface area contributed by atoms with Gasteiger partial charge in [-0.25, -0.2) is 9.97 Å². The Morgan fingerprint density at radius 2 is 1.73 bits per heavy atom. The summed E-state index contributed by atoms with van der Waals surface area (Å²) in [5, 5.41) is 0.789. The van der Waals surface area contributed by atoms with Gasteiger partial charge in [0.2, 0.25) is 0 Å². The smallest absolute Gasteiger partial charge is 0.188 e. The van der Waals surface area contributed by atoms with E-state index in [2.05, 4.69) is 22.1 Å². The van der Waals surface area contributed by atoms with E-state index in [-0.39, 0.29) is 0 Å². The number of thioether (sulfide) groups is 1. The molecule has 0 aliphatic rings. The lowest BCUT2D eigenvalue weighted by Gasteiger charge is -2.05. The molecule has 0 saturated heterocycles. The Morgan fingerprint density at radius 3 is 2.45 bits per heavy atom. The van der Waals surface area contributed by atoms with Crippen molar-refractivity contribution in [1.29, 1.82) is 0 Å². The maximum Gasteiger partial charge on any atom is 0.188 e. The zero-order valence-corrected chi connectivity index (χ0v) is 13.1. The van der Waals surface area contributed by atoms with Crippen molar-refractivity contribution >= 4 is 11.8 Å². The molecule has 0 radical (unpaired) electrons. The SMILES string of the molecule is COc1ccc(-c2ccnc(SCc3ccccc3)n2)cc1. The summed E-state index contributed by atoms with van der Waals surface area (Å²) in [6.45, 7) is 0. The summed E-state index contributed by atoms with van der Waals surface area (Å²) in [5.41, 5.74) is 3.25. The van der Waals surface area contributed by atoms with Crippen LogP contribution in [-0.2, 0) is 5.75 Å². The van der Waals surface area contributed by atoms with Crippen LogP contribution < -0.4 is 4.74 Å². The third kappa shape index (κ3) is 3.65. The van der Waals surface area contributed by atoms with Crippen LogP contribution in [0.4, 0.5) is 0 Å². The maximum atomic E-state index is 5.18. The summed E-state index contributed by atoms with van der Waals surface area (Å²) in [7, 11) is 1.66. The minimum atomic E-state index is 0.789. The molecule has 2 aromatic carbocycles. The number of hydrogen-bond donors (Lipinski definition) is 0. The van der Waals surface area contributed by atoms with Gasteiger partial charge in [0.1, 0.15) is 5.75 Å². The minimum absolute atomic E-state index is 0.789. The highest BCUT2D eigenvalue weighted by molar-refractivity contribution is 7.98. The van der Waals surface area contributed by atoms with E-state index in [0.717, 1.165) is 27.9 Å². The topological polar surface area (TPSA) is 35.0 Å². The van der Waals surface area contributed by atoms with Crippen LogP contribution >= 0.6 is 11.8 Å². The van der Waals surface area contributed by atoms with E-state index in [4.69, 9.17) is 4.74 Å². The highest BCUT2D eigenvalue weighted by Gasteiger charge is 2.04. The number of ether oxygens (including phenoxy) is 1. The zero-order valence-electron chi connectivity index (χ0n) is 12.3. The third-order valence-corrected chi connectivity index (χ3v) is 4.16. The lowest BCUT2D eigenvalue weighted by Crippen LogP contribution is -1.91. The molecule has 3 aromatic rings. The molecule has 3 nitrogen and oxygen atoms in total. The Labute approximate surface area is 134 Å². The first-order valence-electron chi connectivity index (χ1n) is 6.99. The van der Waals surface area contributed by atoms with Crippen LogP contribution in [0, 0.1) is 0 Å². The summed E-state index contributed by atoms with van der Waals surface area (Å²) in [6.07, 6.45) is 1.81. The molecular formula is C18H16N2OS. The van der Waals surface area contributed by atoms with Gasteiger partial charge in [0, 0.05) is 17.5 Å². The van der Waals surface area contributed by atoms with Crippen molar-refractivity contribution in [3.63, 3.8) is 0 Å². The van der Waals surface area contributed by atoms with E-state index >= 15 is 0 Å². The number of aromatic nitrogens is 2. The average Bonchev–Trinajstić information content (AvgIpc) is 2.61. The van der Waals surface area contributed by atoms with Gasteiger partial charge in [-0.1, -0.05) is 42.1 Å². The van der Waals surface area contributed by atoms with Crippen molar-refractivity contribution in [2.45, 2.75) is 10.9 Å². The zero-order chi connectivity index (χ0) is 15.2. The molecule has 0 aliphatic carbocycles. The van der Waals surface area contributed by atoms with Crippen molar-refractivity contribution in [3.05, 3.63) is 72.4 Å². The number of hydrogen-bond acceptors (Lipinski definition) is 4. The first kappa shape index (κ1) is 14.6. The molecule has 0 bridgehead atoms. The Hall–Kier alpha value is -2.33. The van der Waals surface area contributed by atoms with Crippen LogP contribution in [0.3, 0.4) is 0 Å². The van der Waals surface area contributed by atoms with Gasteiger partial charge in [-0.15, -0.1) is 0 Å². The quantitative estimate of drug-likeness (QED) is 0.515. The van der Waals surface area contributed by atoms with Crippen LogP contribution in [0.15, 0.2) is 72.0 Å². The Kier molecular flexibility index (Phi) is 4.71. The van der Waals surface area contributed by atoms with E-state index in [1.807, 2.05) is 48.5 Å². The van der Waals surface area contributed by atoms with Crippen LogP contribution in [0.2, 0.25) is 0 Å². The largest absolute Gasteiger partial charge is 0.497 e. The van der Waals surface area contributed by atoms with Crippen LogP contribution in [0.25, 0.3) is 11.3 Å².